The number of nitrogens with one attached hydrogen (secondary N) is 1. The molecule has 1 amide bonds. The highest BCUT2D eigenvalue weighted by molar-refractivity contribution is 5.92. The van der Waals surface area contributed by atoms with Crippen molar-refractivity contribution < 1.29 is 14.6 Å². The third kappa shape index (κ3) is 4.07. The molecule has 148 valence electrons. The number of β-amino-alcohol motifs (C(OH)–C–C–N with tert-alkyl or cyclic N) is 1. The highest BCUT2D eigenvalue weighted by Crippen LogP contribution is 2.41. The molecule has 0 radical (unpaired) electrons. The van der Waals surface area contributed by atoms with Crippen LogP contribution in [-0.4, -0.2) is 82.5 Å². The highest BCUT2D eigenvalue weighted by Gasteiger charge is 2.44. The summed E-state index contributed by atoms with van der Waals surface area (Å²) < 4.78 is 5.48. The van der Waals surface area contributed by atoms with Crippen LogP contribution in [0.15, 0.2) is 16.9 Å². The Morgan fingerprint density at radius 1 is 1.26 bits per heavy atom. The first-order chi connectivity index (χ1) is 13.0. The molecular weight excluding hydrogens is 348 g/mol. The molecule has 3 fully saturated rings. The number of aromatic amines is 1. The molecule has 4 heterocycles. The van der Waals surface area contributed by atoms with E-state index in [-0.39, 0.29) is 28.7 Å². The Morgan fingerprint density at radius 3 is 2.67 bits per heavy atom. The summed E-state index contributed by atoms with van der Waals surface area (Å²) in [7, 11) is 0. The molecule has 1 spiro atoms. The number of H-pyrrole nitrogens is 1. The molecule has 0 saturated carbocycles. The highest BCUT2D eigenvalue weighted by atomic mass is 16.5. The maximum atomic E-state index is 12.6. The first-order valence-electron chi connectivity index (χ1n) is 9.90. The number of rotatable bonds is 2. The van der Waals surface area contributed by atoms with Crippen LogP contribution in [0.2, 0.25) is 0 Å². The molecule has 3 saturated heterocycles. The number of amides is 1. The van der Waals surface area contributed by atoms with Crippen LogP contribution < -0.4 is 5.56 Å². The lowest BCUT2D eigenvalue weighted by atomic mass is 9.71. The summed E-state index contributed by atoms with van der Waals surface area (Å²) in [5.41, 5.74) is 0.0390. The number of likely N-dealkylation sites (tertiary alicyclic amines) is 2. The van der Waals surface area contributed by atoms with Gasteiger partial charge in [0.25, 0.3) is 11.5 Å². The predicted octanol–water partition coefficient (Wildman–Crippen LogP) is 0.238. The van der Waals surface area contributed by atoms with Gasteiger partial charge in [-0.2, -0.15) is 5.10 Å². The van der Waals surface area contributed by atoms with Crippen molar-refractivity contribution in [2.45, 2.75) is 44.2 Å². The van der Waals surface area contributed by atoms with E-state index in [1.165, 1.54) is 12.1 Å². The van der Waals surface area contributed by atoms with E-state index < -0.39 is 0 Å². The second-order valence-electron chi connectivity index (χ2n) is 8.23. The molecule has 1 aromatic heterocycles. The molecule has 2 N–H and O–H groups in total. The SMILES string of the molecule is O=C(c1ccc(=O)[nH]n1)N1CCC2(CC1)CC(O)CN(C1CCOCC1)C2. The van der Waals surface area contributed by atoms with Gasteiger partial charge in [-0.1, -0.05) is 0 Å². The molecule has 3 aliphatic rings. The summed E-state index contributed by atoms with van der Waals surface area (Å²) in [4.78, 5) is 28.0. The minimum atomic E-state index is -0.312. The summed E-state index contributed by atoms with van der Waals surface area (Å²) in [5.74, 6) is -0.140. The lowest BCUT2D eigenvalue weighted by Crippen LogP contribution is -2.57. The fourth-order valence-electron chi connectivity index (χ4n) is 4.90. The third-order valence-electron chi connectivity index (χ3n) is 6.37. The zero-order chi connectivity index (χ0) is 18.9. The van der Waals surface area contributed by atoms with Crippen LogP contribution >= 0.6 is 0 Å². The lowest BCUT2D eigenvalue weighted by molar-refractivity contribution is -0.0695. The number of hydrogen-bond donors (Lipinski definition) is 2. The first-order valence-corrected chi connectivity index (χ1v) is 9.90. The van der Waals surface area contributed by atoms with Crippen LogP contribution in [0.3, 0.4) is 0 Å². The van der Waals surface area contributed by atoms with Gasteiger partial charge in [0.15, 0.2) is 0 Å². The maximum Gasteiger partial charge on any atom is 0.274 e. The van der Waals surface area contributed by atoms with Gasteiger partial charge in [0.1, 0.15) is 5.69 Å². The molecular formula is C19H28N4O4. The Labute approximate surface area is 158 Å². The van der Waals surface area contributed by atoms with Crippen molar-refractivity contribution >= 4 is 5.91 Å². The number of piperidine rings is 2. The molecule has 3 aliphatic heterocycles. The lowest BCUT2D eigenvalue weighted by Gasteiger charge is -2.51. The zero-order valence-corrected chi connectivity index (χ0v) is 15.6. The monoisotopic (exact) mass is 376 g/mol. The Bertz CT molecular complexity index is 702. The fourth-order valence-corrected chi connectivity index (χ4v) is 4.90. The van der Waals surface area contributed by atoms with E-state index in [9.17, 15) is 14.7 Å². The van der Waals surface area contributed by atoms with E-state index in [1.54, 1.807) is 0 Å². The van der Waals surface area contributed by atoms with Gasteiger partial charge < -0.3 is 14.7 Å². The minimum Gasteiger partial charge on any atom is -0.392 e. The van der Waals surface area contributed by atoms with Crippen LogP contribution in [0.4, 0.5) is 0 Å². The number of aromatic nitrogens is 2. The Morgan fingerprint density at radius 2 is 2.00 bits per heavy atom. The van der Waals surface area contributed by atoms with Crippen molar-refractivity contribution in [1.29, 1.82) is 0 Å². The summed E-state index contributed by atoms with van der Waals surface area (Å²) in [5, 5.41) is 16.7. The smallest absolute Gasteiger partial charge is 0.274 e. The average Bonchev–Trinajstić information content (AvgIpc) is 2.69. The van der Waals surface area contributed by atoms with E-state index >= 15 is 0 Å². The van der Waals surface area contributed by atoms with E-state index in [0.29, 0.717) is 19.1 Å². The van der Waals surface area contributed by atoms with Crippen LogP contribution in [0, 0.1) is 5.41 Å². The Kier molecular flexibility index (Phi) is 5.29. The fraction of sp³-hybridized carbons (Fsp3) is 0.737. The number of carbonyl (C=O) groups excluding carboxylic acids is 1. The molecule has 27 heavy (non-hydrogen) atoms. The molecule has 1 unspecified atom stereocenters. The van der Waals surface area contributed by atoms with Crippen molar-refractivity contribution in [3.05, 3.63) is 28.2 Å². The van der Waals surface area contributed by atoms with Gasteiger partial charge in [-0.05, 0) is 43.6 Å². The van der Waals surface area contributed by atoms with Crippen molar-refractivity contribution in [3.8, 4) is 0 Å². The minimum absolute atomic E-state index is 0.0746. The van der Waals surface area contributed by atoms with Crippen LogP contribution in [-0.2, 0) is 4.74 Å². The topological polar surface area (TPSA) is 98.8 Å². The molecule has 0 aliphatic carbocycles. The second kappa shape index (κ2) is 7.69. The molecule has 1 aromatic rings. The number of carbonyl (C=O) groups is 1. The number of hydrogen-bond acceptors (Lipinski definition) is 6. The number of nitrogens with zero attached hydrogens (tertiary/aromatic N) is 3. The van der Waals surface area contributed by atoms with E-state index in [2.05, 4.69) is 15.1 Å². The van der Waals surface area contributed by atoms with Gasteiger partial charge >= 0.3 is 0 Å². The number of ether oxygens (including phenoxy) is 1. The molecule has 8 nitrogen and oxygen atoms in total. The van der Waals surface area contributed by atoms with Gasteiger partial charge in [0.05, 0.1) is 6.10 Å². The van der Waals surface area contributed by atoms with E-state index in [4.69, 9.17) is 4.74 Å². The summed E-state index contributed by atoms with van der Waals surface area (Å²) in [6, 6.07) is 3.30. The van der Waals surface area contributed by atoms with E-state index in [1.807, 2.05) is 4.90 Å². The molecule has 0 aromatic carbocycles. The molecule has 8 heteroatoms. The van der Waals surface area contributed by atoms with Crippen molar-refractivity contribution in [3.63, 3.8) is 0 Å². The Hall–Kier alpha value is -1.77. The Balaban J connectivity index is 1.40. The van der Waals surface area contributed by atoms with Gasteiger partial charge in [-0.15, -0.1) is 0 Å². The van der Waals surface area contributed by atoms with Crippen LogP contribution in [0.1, 0.15) is 42.6 Å². The van der Waals surface area contributed by atoms with Crippen LogP contribution in [0.25, 0.3) is 0 Å². The van der Waals surface area contributed by atoms with Crippen molar-refractivity contribution in [2.24, 2.45) is 5.41 Å². The van der Waals surface area contributed by atoms with Gasteiger partial charge in [-0.3, -0.25) is 14.5 Å². The molecule has 1 atom stereocenters. The molecule has 4 rings (SSSR count). The zero-order valence-electron chi connectivity index (χ0n) is 15.6. The maximum absolute atomic E-state index is 12.6. The summed E-state index contributed by atoms with van der Waals surface area (Å²) in [6.45, 7) is 4.67. The molecule has 0 bridgehead atoms. The van der Waals surface area contributed by atoms with Crippen LogP contribution in [0.5, 0.6) is 0 Å². The quantitative estimate of drug-likeness (QED) is 0.767. The predicted molar refractivity (Wildman–Crippen MR) is 98.5 cm³/mol. The van der Waals surface area contributed by atoms with E-state index in [0.717, 1.165) is 58.4 Å². The first kappa shape index (κ1) is 18.6. The summed E-state index contributed by atoms with van der Waals surface area (Å²) >= 11 is 0. The number of aliphatic hydroxyl groups excluding tert-OH is 1. The van der Waals surface area contributed by atoms with Crippen molar-refractivity contribution in [2.75, 3.05) is 39.4 Å². The van der Waals surface area contributed by atoms with Crippen molar-refractivity contribution in [1.82, 2.24) is 20.0 Å². The second-order valence-corrected chi connectivity index (χ2v) is 8.23. The van der Waals surface area contributed by atoms with Gasteiger partial charge in [0, 0.05) is 51.5 Å². The summed E-state index contributed by atoms with van der Waals surface area (Å²) in [6.07, 6.45) is 4.35. The van der Waals surface area contributed by atoms with Gasteiger partial charge in [0.2, 0.25) is 0 Å². The number of aliphatic hydroxyl groups is 1. The van der Waals surface area contributed by atoms with Gasteiger partial charge in [-0.25, -0.2) is 5.10 Å². The average molecular weight is 376 g/mol. The third-order valence-corrected chi connectivity index (χ3v) is 6.37. The largest absolute Gasteiger partial charge is 0.392 e. The standard InChI is InChI=1S/C19H28N4O4/c24-15-11-19(13-23(12-15)14-3-9-27-10-4-14)5-7-22(8-6-19)18(26)16-1-2-17(25)21-20-16/h1-2,14-15,24H,3-13H2,(H,21,25). The normalized spacial score (nSPS) is 27.0.